The topological polar surface area (TPSA) is 62.2 Å². The van der Waals surface area contributed by atoms with Gasteiger partial charge in [-0.3, -0.25) is 0 Å². The van der Waals surface area contributed by atoms with Gasteiger partial charge in [0.2, 0.25) is 0 Å². The highest BCUT2D eigenvalue weighted by atomic mass is 16.6. The third-order valence-electron chi connectivity index (χ3n) is 5.56. The number of aliphatic hydroxyl groups excluding tert-OH is 1. The van der Waals surface area contributed by atoms with Crippen LogP contribution < -0.4 is 0 Å². The molecule has 4 rings (SSSR count). The molecule has 0 bridgehead atoms. The highest BCUT2D eigenvalue weighted by Crippen LogP contribution is 2.64. The van der Waals surface area contributed by atoms with Crippen molar-refractivity contribution < 1.29 is 19.7 Å². The fourth-order valence-corrected chi connectivity index (χ4v) is 4.85. The molecule has 0 aromatic heterocycles. The number of hydrogen-bond acceptors (Lipinski definition) is 4. The molecule has 100 valence electrons. The Labute approximate surface area is 107 Å². The fraction of sp³-hybridized carbons (Fsp3) is 0.857. The predicted octanol–water partition coefficient (Wildman–Crippen LogP) is 0.968. The molecule has 2 aliphatic carbocycles. The lowest BCUT2D eigenvalue weighted by molar-refractivity contribution is -0.190. The fourth-order valence-electron chi connectivity index (χ4n) is 4.85. The van der Waals surface area contributed by atoms with E-state index in [9.17, 15) is 10.2 Å². The molecule has 1 unspecified atom stereocenters. The minimum Gasteiger partial charge on any atom is -0.387 e. The van der Waals surface area contributed by atoms with E-state index in [2.05, 4.69) is 6.58 Å². The standard InChI is InChI=1S/C14H20O4/c1-2-3-8-5-13(16)7-12(15)18-14(13)6-11-10(17-11)4-9(8)14/h2,8-12,15-16H,1,3-7H2/t8-,9-,10+,11-,12?,13+,14-/m1/s1. The maximum atomic E-state index is 10.9. The molecule has 4 nitrogen and oxygen atoms in total. The van der Waals surface area contributed by atoms with Crippen LogP contribution in [0.2, 0.25) is 0 Å². The number of epoxide rings is 1. The molecule has 2 saturated heterocycles. The molecule has 0 amide bonds. The van der Waals surface area contributed by atoms with Crippen LogP contribution in [0, 0.1) is 11.8 Å². The van der Waals surface area contributed by atoms with Crippen LogP contribution in [0.3, 0.4) is 0 Å². The van der Waals surface area contributed by atoms with Crippen LogP contribution in [0.25, 0.3) is 0 Å². The Bertz CT molecular complexity index is 397. The summed E-state index contributed by atoms with van der Waals surface area (Å²) < 4.78 is 11.5. The smallest absolute Gasteiger partial charge is 0.158 e. The average molecular weight is 252 g/mol. The minimum absolute atomic E-state index is 0.237. The summed E-state index contributed by atoms with van der Waals surface area (Å²) in [7, 11) is 0. The SMILES string of the molecule is C=CC[C@@H]1C[C@]2(O)CC(O)O[C@@]23C[C@H]2O[C@H]2C[C@H]13. The summed E-state index contributed by atoms with van der Waals surface area (Å²) in [6.07, 6.45) is 5.37. The lowest BCUT2D eigenvalue weighted by Gasteiger charge is -2.41. The van der Waals surface area contributed by atoms with Crippen LogP contribution in [0.4, 0.5) is 0 Å². The molecule has 4 heteroatoms. The molecule has 2 saturated carbocycles. The van der Waals surface area contributed by atoms with Gasteiger partial charge >= 0.3 is 0 Å². The summed E-state index contributed by atoms with van der Waals surface area (Å²) >= 11 is 0. The van der Waals surface area contributed by atoms with E-state index in [1.54, 1.807) is 0 Å². The second kappa shape index (κ2) is 3.37. The van der Waals surface area contributed by atoms with Crippen molar-refractivity contribution in [3.63, 3.8) is 0 Å². The predicted molar refractivity (Wildman–Crippen MR) is 63.7 cm³/mol. The first-order valence-corrected chi connectivity index (χ1v) is 6.93. The molecular formula is C14H20O4. The van der Waals surface area contributed by atoms with Gasteiger partial charge in [-0.05, 0) is 31.1 Å². The van der Waals surface area contributed by atoms with E-state index in [1.165, 1.54) is 0 Å². The highest BCUT2D eigenvalue weighted by Gasteiger charge is 2.73. The number of rotatable bonds is 2. The van der Waals surface area contributed by atoms with E-state index in [1.807, 2.05) is 6.08 Å². The monoisotopic (exact) mass is 252 g/mol. The Morgan fingerprint density at radius 3 is 2.89 bits per heavy atom. The van der Waals surface area contributed by atoms with Crippen molar-refractivity contribution in [2.45, 2.75) is 61.8 Å². The maximum Gasteiger partial charge on any atom is 0.158 e. The molecule has 0 aromatic carbocycles. The van der Waals surface area contributed by atoms with Gasteiger partial charge in [0.25, 0.3) is 0 Å². The van der Waals surface area contributed by atoms with Crippen molar-refractivity contribution in [3.8, 4) is 0 Å². The van der Waals surface area contributed by atoms with Gasteiger partial charge in [-0.1, -0.05) is 6.08 Å². The number of aliphatic hydroxyl groups is 2. The van der Waals surface area contributed by atoms with Gasteiger partial charge in [-0.25, -0.2) is 0 Å². The molecular weight excluding hydrogens is 232 g/mol. The number of ether oxygens (including phenoxy) is 2. The second-order valence-corrected chi connectivity index (χ2v) is 6.45. The Kier molecular flexibility index (Phi) is 2.13. The molecule has 2 aliphatic heterocycles. The van der Waals surface area contributed by atoms with Crippen LogP contribution in [-0.4, -0.2) is 39.9 Å². The van der Waals surface area contributed by atoms with Gasteiger partial charge in [-0.2, -0.15) is 0 Å². The van der Waals surface area contributed by atoms with E-state index in [4.69, 9.17) is 9.47 Å². The van der Waals surface area contributed by atoms with Crippen molar-refractivity contribution >= 4 is 0 Å². The zero-order chi connectivity index (χ0) is 12.5. The second-order valence-electron chi connectivity index (χ2n) is 6.45. The van der Waals surface area contributed by atoms with E-state index in [-0.39, 0.29) is 6.10 Å². The van der Waals surface area contributed by atoms with Gasteiger partial charge in [0.15, 0.2) is 6.29 Å². The highest BCUT2D eigenvalue weighted by molar-refractivity contribution is 5.22. The van der Waals surface area contributed by atoms with Crippen molar-refractivity contribution in [1.82, 2.24) is 0 Å². The van der Waals surface area contributed by atoms with E-state index in [0.29, 0.717) is 24.4 Å². The van der Waals surface area contributed by atoms with Gasteiger partial charge < -0.3 is 19.7 Å². The third-order valence-corrected chi connectivity index (χ3v) is 5.56. The third kappa shape index (κ3) is 1.24. The van der Waals surface area contributed by atoms with Gasteiger partial charge in [0, 0.05) is 12.8 Å². The first-order chi connectivity index (χ1) is 8.58. The lowest BCUT2D eigenvalue weighted by atomic mass is 9.70. The molecule has 1 spiro atoms. The summed E-state index contributed by atoms with van der Waals surface area (Å²) in [4.78, 5) is 0. The summed E-state index contributed by atoms with van der Waals surface area (Å²) in [5.41, 5.74) is -1.44. The summed E-state index contributed by atoms with van der Waals surface area (Å²) in [6, 6.07) is 0. The van der Waals surface area contributed by atoms with Crippen LogP contribution in [0.1, 0.15) is 32.1 Å². The van der Waals surface area contributed by atoms with Crippen molar-refractivity contribution in [2.24, 2.45) is 11.8 Å². The largest absolute Gasteiger partial charge is 0.387 e. The number of fused-ring (bicyclic) bond motifs is 1. The van der Waals surface area contributed by atoms with E-state index in [0.717, 1.165) is 25.7 Å². The van der Waals surface area contributed by atoms with Crippen LogP contribution >= 0.6 is 0 Å². The van der Waals surface area contributed by atoms with Crippen LogP contribution in [-0.2, 0) is 9.47 Å². The zero-order valence-electron chi connectivity index (χ0n) is 10.4. The Hall–Kier alpha value is -0.420. The Morgan fingerprint density at radius 2 is 2.11 bits per heavy atom. The minimum atomic E-state index is -0.873. The maximum absolute atomic E-state index is 10.9. The van der Waals surface area contributed by atoms with Crippen molar-refractivity contribution in [2.75, 3.05) is 0 Å². The van der Waals surface area contributed by atoms with E-state index >= 15 is 0 Å². The van der Waals surface area contributed by atoms with Crippen LogP contribution in [0.15, 0.2) is 12.7 Å². The molecule has 4 aliphatic rings. The number of hydrogen-bond donors (Lipinski definition) is 2. The first kappa shape index (κ1) is 11.4. The molecule has 2 heterocycles. The molecule has 0 aromatic rings. The van der Waals surface area contributed by atoms with E-state index < -0.39 is 17.5 Å². The summed E-state index contributed by atoms with van der Waals surface area (Å²) in [5, 5.41) is 20.8. The summed E-state index contributed by atoms with van der Waals surface area (Å²) in [5.74, 6) is 0.701. The number of allylic oxidation sites excluding steroid dienone is 1. The molecule has 0 radical (unpaired) electrons. The van der Waals surface area contributed by atoms with Gasteiger partial charge in [0.05, 0.1) is 17.8 Å². The van der Waals surface area contributed by atoms with Gasteiger partial charge in [0.1, 0.15) is 5.60 Å². The van der Waals surface area contributed by atoms with Crippen molar-refractivity contribution in [3.05, 3.63) is 12.7 Å². The Balaban J connectivity index is 1.73. The molecule has 2 N–H and O–H groups in total. The molecule has 7 atom stereocenters. The Morgan fingerprint density at radius 1 is 1.28 bits per heavy atom. The molecule has 4 fully saturated rings. The normalized spacial score (nSPS) is 60.9. The zero-order valence-corrected chi connectivity index (χ0v) is 10.4. The molecule has 18 heavy (non-hydrogen) atoms. The summed E-state index contributed by atoms with van der Waals surface area (Å²) in [6.45, 7) is 3.82. The van der Waals surface area contributed by atoms with Crippen molar-refractivity contribution in [1.29, 1.82) is 0 Å². The van der Waals surface area contributed by atoms with Crippen LogP contribution in [0.5, 0.6) is 0 Å². The lowest BCUT2D eigenvalue weighted by Crippen LogP contribution is -2.53. The van der Waals surface area contributed by atoms with Gasteiger partial charge in [-0.15, -0.1) is 6.58 Å². The quantitative estimate of drug-likeness (QED) is 0.568. The average Bonchev–Trinajstić information content (AvgIpc) is 2.93. The first-order valence-electron chi connectivity index (χ1n) is 6.93.